The first-order chi connectivity index (χ1) is 9.01. The first kappa shape index (κ1) is 14.3. The maximum Gasteiger partial charge on any atom is 0.351 e. The summed E-state index contributed by atoms with van der Waals surface area (Å²) in [6, 6.07) is 5.83. The normalized spacial score (nSPS) is 10.3. The van der Waals surface area contributed by atoms with E-state index in [1.165, 1.54) is 7.11 Å². The average molecular weight is 362 g/mol. The number of thiazole rings is 1. The van der Waals surface area contributed by atoms with Gasteiger partial charge in [-0.1, -0.05) is 38.9 Å². The lowest BCUT2D eigenvalue weighted by Crippen LogP contribution is -1.98. The number of hydrogen-bond acceptors (Lipinski definition) is 5. The van der Waals surface area contributed by atoms with Crippen molar-refractivity contribution in [3.63, 3.8) is 0 Å². The Hall–Kier alpha value is -1.11. The number of nitrogens with zero attached hydrogens (tertiary/aromatic N) is 1. The molecule has 0 aliphatic carbocycles. The molecule has 1 heterocycles. The van der Waals surface area contributed by atoms with Crippen LogP contribution < -0.4 is 5.32 Å². The molecule has 100 valence electrons. The largest absolute Gasteiger partial charge is 0.465 e. The first-order valence-electron chi connectivity index (χ1n) is 5.29. The van der Waals surface area contributed by atoms with Gasteiger partial charge in [0.1, 0.15) is 0 Å². The molecule has 0 atom stereocenters. The number of nitrogens with one attached hydrogen (secondary N) is 1. The molecule has 1 N–H and O–H groups in total. The molecule has 4 nitrogen and oxygen atoms in total. The zero-order chi connectivity index (χ0) is 14.0. The Labute approximate surface area is 127 Å². The molecule has 0 saturated carbocycles. The van der Waals surface area contributed by atoms with Crippen molar-refractivity contribution >= 4 is 55.7 Å². The van der Waals surface area contributed by atoms with Crippen molar-refractivity contribution in [3.05, 3.63) is 38.3 Å². The van der Waals surface area contributed by atoms with Crippen LogP contribution in [-0.4, -0.2) is 18.1 Å². The van der Waals surface area contributed by atoms with Crippen molar-refractivity contribution in [3.8, 4) is 0 Å². The molecule has 2 rings (SSSR count). The molecular weight excluding hydrogens is 352 g/mol. The number of methoxy groups -OCH3 is 1. The number of halogens is 2. The summed E-state index contributed by atoms with van der Waals surface area (Å²) in [6.07, 6.45) is 0. The maximum atomic E-state index is 11.4. The third kappa shape index (κ3) is 3.26. The topological polar surface area (TPSA) is 51.2 Å². The SMILES string of the molecule is COC(=O)c1sc(Nc2ccc(Br)cc2C)nc1Cl. The summed E-state index contributed by atoms with van der Waals surface area (Å²) in [7, 11) is 1.31. The van der Waals surface area contributed by atoms with Crippen LogP contribution >= 0.6 is 38.9 Å². The summed E-state index contributed by atoms with van der Waals surface area (Å²) < 4.78 is 5.64. The molecule has 0 spiro atoms. The quantitative estimate of drug-likeness (QED) is 0.823. The van der Waals surface area contributed by atoms with Crippen LogP contribution in [0, 0.1) is 6.92 Å². The number of esters is 1. The Morgan fingerprint density at radius 3 is 2.89 bits per heavy atom. The van der Waals surface area contributed by atoms with Gasteiger partial charge in [-0.25, -0.2) is 9.78 Å². The van der Waals surface area contributed by atoms with Crippen LogP contribution in [0.25, 0.3) is 0 Å². The molecular formula is C12H10BrClN2O2S. The molecule has 1 aromatic heterocycles. The summed E-state index contributed by atoms with van der Waals surface area (Å²) in [4.78, 5) is 15.8. The first-order valence-corrected chi connectivity index (χ1v) is 7.28. The second kappa shape index (κ2) is 5.90. The van der Waals surface area contributed by atoms with Crippen LogP contribution in [0.2, 0.25) is 5.15 Å². The van der Waals surface area contributed by atoms with E-state index in [0.29, 0.717) is 10.0 Å². The Morgan fingerprint density at radius 2 is 2.26 bits per heavy atom. The Morgan fingerprint density at radius 1 is 1.53 bits per heavy atom. The van der Waals surface area contributed by atoms with Crippen LogP contribution in [0.3, 0.4) is 0 Å². The molecule has 0 fully saturated rings. The highest BCUT2D eigenvalue weighted by Crippen LogP contribution is 2.31. The number of ether oxygens (including phenoxy) is 1. The summed E-state index contributed by atoms with van der Waals surface area (Å²) in [5.41, 5.74) is 1.96. The van der Waals surface area contributed by atoms with E-state index in [1.54, 1.807) is 0 Å². The fourth-order valence-corrected chi connectivity index (χ4v) is 3.05. The molecule has 0 unspecified atom stereocenters. The Bertz CT molecular complexity index is 630. The van der Waals surface area contributed by atoms with E-state index in [1.807, 2.05) is 25.1 Å². The van der Waals surface area contributed by atoms with Crippen LogP contribution in [0.5, 0.6) is 0 Å². The van der Waals surface area contributed by atoms with E-state index >= 15 is 0 Å². The number of benzene rings is 1. The van der Waals surface area contributed by atoms with Gasteiger partial charge in [-0.3, -0.25) is 0 Å². The molecule has 0 radical (unpaired) electrons. The van der Waals surface area contributed by atoms with Crippen molar-refractivity contribution in [2.24, 2.45) is 0 Å². The Balaban J connectivity index is 2.26. The second-order valence-electron chi connectivity index (χ2n) is 3.71. The average Bonchev–Trinajstić information content (AvgIpc) is 2.73. The van der Waals surface area contributed by atoms with Gasteiger partial charge >= 0.3 is 5.97 Å². The number of aromatic nitrogens is 1. The fourth-order valence-electron chi connectivity index (χ4n) is 1.46. The molecule has 0 saturated heterocycles. The highest BCUT2D eigenvalue weighted by Gasteiger charge is 2.17. The van der Waals surface area contributed by atoms with Gasteiger partial charge in [0.05, 0.1) is 7.11 Å². The fraction of sp³-hybridized carbons (Fsp3) is 0.167. The minimum atomic E-state index is -0.483. The van der Waals surface area contributed by atoms with Crippen molar-refractivity contribution in [1.29, 1.82) is 0 Å². The highest BCUT2D eigenvalue weighted by atomic mass is 79.9. The van der Waals surface area contributed by atoms with E-state index in [-0.39, 0.29) is 5.15 Å². The lowest BCUT2D eigenvalue weighted by Gasteiger charge is -2.06. The number of anilines is 2. The van der Waals surface area contributed by atoms with Crippen molar-refractivity contribution in [2.45, 2.75) is 6.92 Å². The molecule has 0 aliphatic heterocycles. The smallest absolute Gasteiger partial charge is 0.351 e. The summed E-state index contributed by atoms with van der Waals surface area (Å²) in [6.45, 7) is 1.98. The monoisotopic (exact) mass is 360 g/mol. The number of carbonyl (C=O) groups is 1. The van der Waals surface area contributed by atoms with Crippen LogP contribution in [0.1, 0.15) is 15.2 Å². The van der Waals surface area contributed by atoms with Gasteiger partial charge in [0.25, 0.3) is 0 Å². The van der Waals surface area contributed by atoms with Gasteiger partial charge in [0, 0.05) is 10.2 Å². The predicted octanol–water partition coefficient (Wildman–Crippen LogP) is 4.40. The number of carbonyl (C=O) groups excluding carboxylic acids is 1. The minimum Gasteiger partial charge on any atom is -0.465 e. The second-order valence-corrected chi connectivity index (χ2v) is 5.99. The molecule has 0 amide bonds. The van der Waals surface area contributed by atoms with E-state index < -0.39 is 5.97 Å². The highest BCUT2D eigenvalue weighted by molar-refractivity contribution is 9.10. The van der Waals surface area contributed by atoms with Gasteiger partial charge in [-0.15, -0.1) is 0 Å². The van der Waals surface area contributed by atoms with E-state index in [2.05, 4.69) is 31.0 Å². The van der Waals surface area contributed by atoms with Crippen molar-refractivity contribution < 1.29 is 9.53 Å². The molecule has 2 aromatic rings. The van der Waals surface area contributed by atoms with Gasteiger partial charge in [0.15, 0.2) is 15.2 Å². The van der Waals surface area contributed by atoms with Gasteiger partial charge in [-0.05, 0) is 30.7 Å². The number of aryl methyl sites for hydroxylation is 1. The molecule has 1 aromatic carbocycles. The van der Waals surface area contributed by atoms with Crippen LogP contribution in [0.15, 0.2) is 22.7 Å². The zero-order valence-corrected chi connectivity index (χ0v) is 13.3. The number of hydrogen-bond donors (Lipinski definition) is 1. The predicted molar refractivity (Wildman–Crippen MR) is 80.6 cm³/mol. The van der Waals surface area contributed by atoms with E-state index in [4.69, 9.17) is 11.6 Å². The lowest BCUT2D eigenvalue weighted by molar-refractivity contribution is 0.0606. The summed E-state index contributed by atoms with van der Waals surface area (Å²) >= 11 is 10.5. The van der Waals surface area contributed by atoms with E-state index in [9.17, 15) is 4.79 Å². The number of rotatable bonds is 3. The standard InChI is InChI=1S/C12H10BrClN2O2S/c1-6-5-7(13)3-4-8(6)15-12-16-10(14)9(19-12)11(17)18-2/h3-5H,1-2H3,(H,15,16). The molecule has 0 aliphatic rings. The van der Waals surface area contributed by atoms with Gasteiger partial charge in [0.2, 0.25) is 0 Å². The summed E-state index contributed by atoms with van der Waals surface area (Å²) in [5.74, 6) is -0.483. The minimum absolute atomic E-state index is 0.147. The van der Waals surface area contributed by atoms with Gasteiger partial charge < -0.3 is 10.1 Å². The third-order valence-electron chi connectivity index (χ3n) is 2.39. The summed E-state index contributed by atoms with van der Waals surface area (Å²) in [5, 5.41) is 3.83. The van der Waals surface area contributed by atoms with Crippen LogP contribution in [0.4, 0.5) is 10.8 Å². The maximum absolute atomic E-state index is 11.4. The molecule has 19 heavy (non-hydrogen) atoms. The Kier molecular flexibility index (Phi) is 4.44. The van der Waals surface area contributed by atoms with Crippen molar-refractivity contribution in [1.82, 2.24) is 4.98 Å². The zero-order valence-electron chi connectivity index (χ0n) is 10.2. The van der Waals surface area contributed by atoms with E-state index in [0.717, 1.165) is 27.1 Å². The molecule has 7 heteroatoms. The third-order valence-corrected chi connectivity index (χ3v) is 4.22. The van der Waals surface area contributed by atoms with Crippen molar-refractivity contribution in [2.75, 3.05) is 12.4 Å². The van der Waals surface area contributed by atoms with Gasteiger partial charge in [-0.2, -0.15) is 0 Å². The molecule has 0 bridgehead atoms. The lowest BCUT2D eigenvalue weighted by atomic mass is 10.2. The van der Waals surface area contributed by atoms with Crippen LogP contribution in [-0.2, 0) is 4.74 Å².